The van der Waals surface area contributed by atoms with Crippen molar-refractivity contribution < 1.29 is 14.3 Å². The number of nitrogens with zero attached hydrogens (tertiary/aromatic N) is 1. The molecule has 0 aliphatic heterocycles. The van der Waals surface area contributed by atoms with Crippen molar-refractivity contribution in [3.63, 3.8) is 0 Å². The van der Waals surface area contributed by atoms with Crippen LogP contribution in [0.5, 0.6) is 5.75 Å². The number of nitrogens with one attached hydrogen (secondary N) is 1. The summed E-state index contributed by atoms with van der Waals surface area (Å²) in [4.78, 5) is 27.6. The van der Waals surface area contributed by atoms with Crippen LogP contribution in [-0.4, -0.2) is 35.9 Å². The van der Waals surface area contributed by atoms with Crippen molar-refractivity contribution in [1.82, 2.24) is 10.2 Å². The molecule has 0 spiro atoms. The van der Waals surface area contributed by atoms with Gasteiger partial charge in [0, 0.05) is 13.1 Å². The van der Waals surface area contributed by atoms with E-state index in [2.05, 4.69) is 12.2 Å². The van der Waals surface area contributed by atoms with Gasteiger partial charge in [0.2, 0.25) is 5.91 Å². The van der Waals surface area contributed by atoms with E-state index in [1.54, 1.807) is 23.1 Å². The summed E-state index contributed by atoms with van der Waals surface area (Å²) < 4.78 is 5.73. The summed E-state index contributed by atoms with van der Waals surface area (Å²) in [6, 6.07) is 12.2. The maximum Gasteiger partial charge on any atom is 0.261 e. The highest BCUT2D eigenvalue weighted by Gasteiger charge is 2.29. The van der Waals surface area contributed by atoms with Crippen molar-refractivity contribution in [2.75, 3.05) is 13.2 Å². The molecule has 2 rings (SSSR count). The van der Waals surface area contributed by atoms with E-state index in [-0.39, 0.29) is 25.0 Å². The number of ether oxygens (including phenoxy) is 1. The van der Waals surface area contributed by atoms with Crippen molar-refractivity contribution in [2.24, 2.45) is 5.92 Å². The van der Waals surface area contributed by atoms with Crippen LogP contribution < -0.4 is 10.1 Å². The van der Waals surface area contributed by atoms with Crippen LogP contribution in [0.4, 0.5) is 0 Å². The quantitative estimate of drug-likeness (QED) is 0.462. The van der Waals surface area contributed by atoms with Gasteiger partial charge >= 0.3 is 0 Å². The number of benzene rings is 2. The van der Waals surface area contributed by atoms with Gasteiger partial charge in [-0.05, 0) is 54.2 Å². The second-order valence-corrected chi connectivity index (χ2v) is 8.93. The number of rotatable bonds is 11. The monoisotopic (exact) mass is 478 g/mol. The zero-order valence-corrected chi connectivity index (χ0v) is 20.7. The Hall–Kier alpha value is -2.24. The Kier molecular flexibility index (Phi) is 10.3. The predicted octanol–water partition coefficient (Wildman–Crippen LogP) is 5.51. The van der Waals surface area contributed by atoms with Gasteiger partial charge in [0.05, 0.1) is 10.0 Å². The molecule has 32 heavy (non-hydrogen) atoms. The lowest BCUT2D eigenvalue weighted by atomic mass is 10.1. The summed E-state index contributed by atoms with van der Waals surface area (Å²) in [6.45, 7) is 8.62. The molecule has 0 aliphatic carbocycles. The Morgan fingerprint density at radius 1 is 1.00 bits per heavy atom. The van der Waals surface area contributed by atoms with Gasteiger partial charge in [-0.1, -0.05) is 69.1 Å². The molecular formula is C25H32Cl2N2O3. The number of aryl methyl sites for hydroxylation is 1. The lowest BCUT2D eigenvalue weighted by molar-refractivity contribution is -0.143. The van der Waals surface area contributed by atoms with Crippen molar-refractivity contribution in [3.05, 3.63) is 63.6 Å². The molecule has 2 aromatic carbocycles. The molecule has 7 heteroatoms. The van der Waals surface area contributed by atoms with Crippen molar-refractivity contribution in [3.8, 4) is 5.75 Å². The highest BCUT2D eigenvalue weighted by molar-refractivity contribution is 6.42. The first-order valence-corrected chi connectivity index (χ1v) is 11.7. The molecule has 0 aliphatic rings. The fourth-order valence-corrected chi connectivity index (χ4v) is 3.55. The van der Waals surface area contributed by atoms with Crippen LogP contribution in [0.1, 0.15) is 45.2 Å². The minimum absolute atomic E-state index is 0.166. The fraction of sp³-hybridized carbons (Fsp3) is 0.440. The van der Waals surface area contributed by atoms with Crippen LogP contribution in [0, 0.1) is 5.92 Å². The zero-order valence-electron chi connectivity index (χ0n) is 19.2. The van der Waals surface area contributed by atoms with E-state index in [1.165, 1.54) is 5.56 Å². The number of hydrogen-bond acceptors (Lipinski definition) is 3. The van der Waals surface area contributed by atoms with Crippen molar-refractivity contribution in [1.29, 1.82) is 0 Å². The number of carbonyl (C=O) groups is 2. The smallest absolute Gasteiger partial charge is 0.261 e. The van der Waals surface area contributed by atoms with E-state index in [4.69, 9.17) is 27.9 Å². The van der Waals surface area contributed by atoms with Gasteiger partial charge in [0.15, 0.2) is 6.61 Å². The summed E-state index contributed by atoms with van der Waals surface area (Å²) >= 11 is 12.2. The molecular weight excluding hydrogens is 447 g/mol. The number of carbonyl (C=O) groups excluding carboxylic acids is 2. The molecule has 1 atom stereocenters. The minimum atomic E-state index is -0.623. The van der Waals surface area contributed by atoms with Gasteiger partial charge < -0.3 is 15.0 Å². The molecule has 5 nitrogen and oxygen atoms in total. The lowest BCUT2D eigenvalue weighted by Gasteiger charge is -2.31. The Labute approximate surface area is 201 Å². The fourth-order valence-electron chi connectivity index (χ4n) is 3.23. The maximum absolute atomic E-state index is 13.2. The van der Waals surface area contributed by atoms with Crippen molar-refractivity contribution >= 4 is 35.0 Å². The molecule has 0 saturated carbocycles. The number of halogens is 2. The lowest BCUT2D eigenvalue weighted by Crippen LogP contribution is -2.50. The minimum Gasteiger partial charge on any atom is -0.484 e. The average Bonchev–Trinajstić information content (AvgIpc) is 2.78. The molecule has 2 amide bonds. The van der Waals surface area contributed by atoms with Crippen LogP contribution in [-0.2, 0) is 22.6 Å². The van der Waals surface area contributed by atoms with E-state index < -0.39 is 6.04 Å². The number of hydrogen-bond donors (Lipinski definition) is 1. The molecule has 0 aromatic heterocycles. The van der Waals surface area contributed by atoms with Crippen molar-refractivity contribution in [2.45, 2.75) is 53.1 Å². The Balaban J connectivity index is 2.20. The molecule has 0 unspecified atom stereocenters. The summed E-state index contributed by atoms with van der Waals surface area (Å²) in [6.07, 6.45) is 1.41. The molecule has 0 fully saturated rings. The third-order valence-corrected chi connectivity index (χ3v) is 5.84. The van der Waals surface area contributed by atoms with Gasteiger partial charge in [0.1, 0.15) is 11.8 Å². The molecule has 0 saturated heterocycles. The zero-order chi connectivity index (χ0) is 23.7. The standard InChI is InChI=1S/C25H32Cl2N2O3/c1-5-18-7-10-20(11-8-18)32-16-24(30)29(15-19-9-12-21(26)22(27)13-19)23(6-2)25(31)28-14-17(3)4/h7-13,17,23H,5-6,14-16H2,1-4H3,(H,28,31)/t23-/m0/s1. The van der Waals surface area contributed by atoms with Crippen LogP contribution in [0.15, 0.2) is 42.5 Å². The van der Waals surface area contributed by atoms with Gasteiger partial charge in [0.25, 0.3) is 5.91 Å². The highest BCUT2D eigenvalue weighted by atomic mass is 35.5. The summed E-state index contributed by atoms with van der Waals surface area (Å²) in [7, 11) is 0. The molecule has 1 N–H and O–H groups in total. The summed E-state index contributed by atoms with van der Waals surface area (Å²) in [5.41, 5.74) is 1.98. The van der Waals surface area contributed by atoms with Crippen LogP contribution in [0.2, 0.25) is 10.0 Å². The molecule has 0 heterocycles. The average molecular weight is 479 g/mol. The number of amides is 2. The normalized spacial score (nSPS) is 11.8. The van der Waals surface area contributed by atoms with Gasteiger partial charge in [-0.3, -0.25) is 9.59 Å². The molecule has 0 bridgehead atoms. The Morgan fingerprint density at radius 2 is 1.66 bits per heavy atom. The van der Waals surface area contributed by atoms with E-state index in [0.29, 0.717) is 34.7 Å². The second-order valence-electron chi connectivity index (χ2n) is 8.12. The van der Waals surface area contributed by atoms with Crippen LogP contribution >= 0.6 is 23.2 Å². The van der Waals surface area contributed by atoms with Gasteiger partial charge in [-0.15, -0.1) is 0 Å². The third-order valence-electron chi connectivity index (χ3n) is 5.10. The second kappa shape index (κ2) is 12.7. The predicted molar refractivity (Wildman–Crippen MR) is 130 cm³/mol. The first-order chi connectivity index (χ1) is 15.2. The van der Waals surface area contributed by atoms with E-state index in [0.717, 1.165) is 12.0 Å². The van der Waals surface area contributed by atoms with Gasteiger partial charge in [-0.25, -0.2) is 0 Å². The van der Waals surface area contributed by atoms with Crippen LogP contribution in [0.25, 0.3) is 0 Å². The SMILES string of the molecule is CCc1ccc(OCC(=O)N(Cc2ccc(Cl)c(Cl)c2)[C@@H](CC)C(=O)NCC(C)C)cc1. The molecule has 0 radical (unpaired) electrons. The van der Waals surface area contributed by atoms with E-state index >= 15 is 0 Å². The molecule has 2 aromatic rings. The van der Waals surface area contributed by atoms with Gasteiger partial charge in [-0.2, -0.15) is 0 Å². The topological polar surface area (TPSA) is 58.6 Å². The summed E-state index contributed by atoms with van der Waals surface area (Å²) in [5, 5.41) is 3.78. The van der Waals surface area contributed by atoms with E-state index in [9.17, 15) is 9.59 Å². The third kappa shape index (κ3) is 7.72. The Bertz CT molecular complexity index is 901. The molecule has 174 valence electrons. The highest BCUT2D eigenvalue weighted by Crippen LogP contribution is 2.24. The largest absolute Gasteiger partial charge is 0.484 e. The first kappa shape index (κ1) is 26.0. The van der Waals surface area contributed by atoms with Crippen LogP contribution in [0.3, 0.4) is 0 Å². The first-order valence-electron chi connectivity index (χ1n) is 11.0. The Morgan fingerprint density at radius 3 is 2.22 bits per heavy atom. The maximum atomic E-state index is 13.2. The van der Waals surface area contributed by atoms with E-state index in [1.807, 2.05) is 45.0 Å². The summed E-state index contributed by atoms with van der Waals surface area (Å²) in [5.74, 6) is 0.469.